The highest BCUT2D eigenvalue weighted by Crippen LogP contribution is 2.20. The minimum absolute atomic E-state index is 0.356. The highest BCUT2D eigenvalue weighted by Gasteiger charge is 2.08. The Morgan fingerprint density at radius 1 is 1.41 bits per heavy atom. The fraction of sp³-hybridized carbons (Fsp3) is 0.417. The van der Waals surface area contributed by atoms with Crippen LogP contribution in [0.3, 0.4) is 0 Å². The van der Waals surface area contributed by atoms with Crippen LogP contribution in [0.15, 0.2) is 22.7 Å². The van der Waals surface area contributed by atoms with Crippen molar-refractivity contribution >= 4 is 27.6 Å². The Balaban J connectivity index is 2.39. The summed E-state index contributed by atoms with van der Waals surface area (Å²) in [5, 5.41) is 0. The lowest BCUT2D eigenvalue weighted by Gasteiger charge is -2.06. The summed E-state index contributed by atoms with van der Waals surface area (Å²) in [5.41, 5.74) is 6.66. The van der Waals surface area contributed by atoms with Gasteiger partial charge in [-0.15, -0.1) is 0 Å². The number of nitrogen functional groups attached to an aromatic ring is 1. The molecule has 0 heterocycles. The number of carbonyl (C=O) groups is 1. The molecule has 94 valence electrons. The van der Waals surface area contributed by atoms with Gasteiger partial charge in [-0.25, -0.2) is 4.79 Å². The standard InChI is InChI=1S/C12H16BrNO3/c1-2-16-6-3-7-17-12(15)9-4-5-10(13)11(14)8-9/h4-5,8H,2-3,6-7,14H2,1H3. The average Bonchev–Trinajstić information content (AvgIpc) is 2.32. The molecule has 0 saturated carbocycles. The van der Waals surface area contributed by atoms with Gasteiger partial charge in [-0.3, -0.25) is 0 Å². The van der Waals surface area contributed by atoms with Crippen molar-refractivity contribution in [2.45, 2.75) is 13.3 Å². The van der Waals surface area contributed by atoms with Crippen molar-refractivity contribution < 1.29 is 14.3 Å². The molecular formula is C12H16BrNO3. The second-order valence-corrected chi connectivity index (χ2v) is 4.28. The molecule has 0 spiro atoms. The normalized spacial score (nSPS) is 10.2. The van der Waals surface area contributed by atoms with E-state index in [2.05, 4.69) is 15.9 Å². The van der Waals surface area contributed by atoms with Gasteiger partial charge >= 0.3 is 5.97 Å². The number of esters is 1. The lowest BCUT2D eigenvalue weighted by molar-refractivity contribution is 0.0452. The molecule has 0 aliphatic rings. The Hall–Kier alpha value is -1.07. The first-order valence-electron chi connectivity index (χ1n) is 5.45. The third-order valence-electron chi connectivity index (χ3n) is 2.10. The fourth-order valence-corrected chi connectivity index (χ4v) is 1.47. The van der Waals surface area contributed by atoms with Gasteiger partial charge in [0.25, 0.3) is 0 Å². The lowest BCUT2D eigenvalue weighted by atomic mass is 10.2. The summed E-state index contributed by atoms with van der Waals surface area (Å²) in [5.74, 6) is -0.360. The maximum Gasteiger partial charge on any atom is 0.338 e. The van der Waals surface area contributed by atoms with Crippen molar-refractivity contribution in [3.05, 3.63) is 28.2 Å². The molecule has 0 radical (unpaired) electrons. The third-order valence-corrected chi connectivity index (χ3v) is 2.82. The number of ether oxygens (including phenoxy) is 2. The van der Waals surface area contributed by atoms with E-state index >= 15 is 0 Å². The zero-order chi connectivity index (χ0) is 12.7. The van der Waals surface area contributed by atoms with Gasteiger partial charge in [0.1, 0.15) is 0 Å². The molecule has 5 heteroatoms. The van der Waals surface area contributed by atoms with Crippen LogP contribution in [0.5, 0.6) is 0 Å². The Kier molecular flexibility index (Phi) is 6.00. The average molecular weight is 302 g/mol. The van der Waals surface area contributed by atoms with Crippen molar-refractivity contribution in [1.29, 1.82) is 0 Å². The smallest absolute Gasteiger partial charge is 0.338 e. The molecule has 0 atom stereocenters. The molecule has 0 saturated heterocycles. The Morgan fingerprint density at radius 3 is 2.82 bits per heavy atom. The first-order chi connectivity index (χ1) is 8.15. The molecule has 0 fully saturated rings. The van der Waals surface area contributed by atoms with E-state index in [-0.39, 0.29) is 5.97 Å². The highest BCUT2D eigenvalue weighted by molar-refractivity contribution is 9.10. The second-order valence-electron chi connectivity index (χ2n) is 3.42. The van der Waals surface area contributed by atoms with Gasteiger partial charge in [0.05, 0.1) is 12.2 Å². The van der Waals surface area contributed by atoms with E-state index in [1.54, 1.807) is 18.2 Å². The molecule has 0 unspecified atom stereocenters. The van der Waals surface area contributed by atoms with Gasteiger partial charge in [0.15, 0.2) is 0 Å². The van der Waals surface area contributed by atoms with E-state index in [4.69, 9.17) is 15.2 Å². The molecular weight excluding hydrogens is 286 g/mol. The monoisotopic (exact) mass is 301 g/mol. The van der Waals surface area contributed by atoms with Gasteiger partial charge in [0, 0.05) is 29.8 Å². The number of hydrogen-bond acceptors (Lipinski definition) is 4. The molecule has 1 rings (SSSR count). The molecule has 1 aromatic rings. The molecule has 1 aromatic carbocycles. The molecule has 0 amide bonds. The van der Waals surface area contributed by atoms with Crippen molar-refractivity contribution in [2.75, 3.05) is 25.6 Å². The first kappa shape index (κ1) is 14.0. The Bertz CT molecular complexity index is 382. The van der Waals surface area contributed by atoms with E-state index in [0.29, 0.717) is 37.5 Å². The number of anilines is 1. The van der Waals surface area contributed by atoms with Crippen LogP contribution >= 0.6 is 15.9 Å². The SMILES string of the molecule is CCOCCCOC(=O)c1ccc(Br)c(N)c1. The van der Waals surface area contributed by atoms with E-state index < -0.39 is 0 Å². The van der Waals surface area contributed by atoms with E-state index in [9.17, 15) is 4.79 Å². The summed E-state index contributed by atoms with van der Waals surface area (Å²) in [6, 6.07) is 4.99. The van der Waals surface area contributed by atoms with Crippen LogP contribution in [-0.4, -0.2) is 25.8 Å². The Morgan fingerprint density at radius 2 is 2.18 bits per heavy atom. The number of carbonyl (C=O) groups excluding carboxylic acids is 1. The van der Waals surface area contributed by atoms with E-state index in [1.807, 2.05) is 6.92 Å². The van der Waals surface area contributed by atoms with Crippen molar-refractivity contribution in [1.82, 2.24) is 0 Å². The van der Waals surface area contributed by atoms with Crippen molar-refractivity contribution in [3.8, 4) is 0 Å². The number of rotatable bonds is 6. The zero-order valence-corrected chi connectivity index (χ0v) is 11.3. The topological polar surface area (TPSA) is 61.5 Å². The number of hydrogen-bond donors (Lipinski definition) is 1. The van der Waals surface area contributed by atoms with Crippen molar-refractivity contribution in [3.63, 3.8) is 0 Å². The molecule has 0 bridgehead atoms. The zero-order valence-electron chi connectivity index (χ0n) is 9.74. The van der Waals surface area contributed by atoms with Crippen molar-refractivity contribution in [2.24, 2.45) is 0 Å². The highest BCUT2D eigenvalue weighted by atomic mass is 79.9. The van der Waals surface area contributed by atoms with Crippen LogP contribution < -0.4 is 5.73 Å². The molecule has 0 aliphatic heterocycles. The molecule has 4 nitrogen and oxygen atoms in total. The van der Waals surface area contributed by atoms with Crippen LogP contribution in [0.25, 0.3) is 0 Å². The summed E-state index contributed by atoms with van der Waals surface area (Å²) >= 11 is 3.27. The quantitative estimate of drug-likeness (QED) is 0.498. The maximum absolute atomic E-state index is 11.6. The maximum atomic E-state index is 11.6. The van der Waals surface area contributed by atoms with E-state index in [1.165, 1.54) is 0 Å². The van der Waals surface area contributed by atoms with Gasteiger partial charge < -0.3 is 15.2 Å². The second kappa shape index (κ2) is 7.29. The van der Waals surface area contributed by atoms with Gasteiger partial charge in [-0.1, -0.05) is 0 Å². The lowest BCUT2D eigenvalue weighted by Crippen LogP contribution is -2.08. The van der Waals surface area contributed by atoms with Gasteiger partial charge in [-0.2, -0.15) is 0 Å². The molecule has 0 aromatic heterocycles. The largest absolute Gasteiger partial charge is 0.462 e. The molecule has 17 heavy (non-hydrogen) atoms. The number of nitrogens with two attached hydrogens (primary N) is 1. The Labute approximate surface area is 109 Å². The third kappa shape index (κ3) is 4.75. The molecule has 2 N–H and O–H groups in total. The number of halogens is 1. The van der Waals surface area contributed by atoms with Gasteiger partial charge in [0.2, 0.25) is 0 Å². The summed E-state index contributed by atoms with van der Waals surface area (Å²) in [6.07, 6.45) is 0.700. The van der Waals surface area contributed by atoms with Crippen LogP contribution in [-0.2, 0) is 9.47 Å². The summed E-state index contributed by atoms with van der Waals surface area (Å²) < 4.78 is 11.0. The van der Waals surface area contributed by atoms with Crippen LogP contribution in [0.2, 0.25) is 0 Å². The summed E-state index contributed by atoms with van der Waals surface area (Å²) in [4.78, 5) is 11.6. The predicted molar refractivity (Wildman–Crippen MR) is 69.9 cm³/mol. The first-order valence-corrected chi connectivity index (χ1v) is 6.24. The van der Waals surface area contributed by atoms with Crippen LogP contribution in [0, 0.1) is 0 Å². The van der Waals surface area contributed by atoms with Crippen LogP contribution in [0.4, 0.5) is 5.69 Å². The molecule has 0 aliphatic carbocycles. The summed E-state index contributed by atoms with van der Waals surface area (Å²) in [7, 11) is 0. The number of benzene rings is 1. The predicted octanol–water partition coefficient (Wildman–Crippen LogP) is 2.61. The minimum Gasteiger partial charge on any atom is -0.462 e. The van der Waals surface area contributed by atoms with Crippen LogP contribution in [0.1, 0.15) is 23.7 Å². The fourth-order valence-electron chi connectivity index (χ4n) is 1.22. The van der Waals surface area contributed by atoms with Gasteiger partial charge in [-0.05, 0) is 41.1 Å². The van der Waals surface area contributed by atoms with E-state index in [0.717, 1.165) is 4.47 Å². The minimum atomic E-state index is -0.360. The summed E-state index contributed by atoms with van der Waals surface area (Å²) in [6.45, 7) is 3.56.